The Kier molecular flexibility index (Phi) is 3.59. The number of H-pyrrole nitrogens is 1. The molecule has 2 heterocycles. The first kappa shape index (κ1) is 14.2. The summed E-state index contributed by atoms with van der Waals surface area (Å²) < 4.78 is 28.3. The first-order valence-electron chi connectivity index (χ1n) is 5.57. The SMILES string of the molecule is Cc1[nH]nc(C(=O)O)c1S(=O)(=O)NCc1nccn1C. The minimum Gasteiger partial charge on any atom is -0.476 e. The summed E-state index contributed by atoms with van der Waals surface area (Å²) >= 11 is 0. The smallest absolute Gasteiger partial charge is 0.357 e. The van der Waals surface area contributed by atoms with Crippen LogP contribution in [0.4, 0.5) is 0 Å². The second-order valence-electron chi connectivity index (χ2n) is 4.11. The van der Waals surface area contributed by atoms with E-state index in [1.165, 1.54) is 13.1 Å². The van der Waals surface area contributed by atoms with Crippen LogP contribution in [0.25, 0.3) is 0 Å². The van der Waals surface area contributed by atoms with Crippen molar-refractivity contribution in [3.05, 3.63) is 29.6 Å². The van der Waals surface area contributed by atoms with E-state index in [-0.39, 0.29) is 17.1 Å². The van der Waals surface area contributed by atoms with Gasteiger partial charge < -0.3 is 9.67 Å². The number of nitrogens with zero attached hydrogens (tertiary/aromatic N) is 3. The first-order chi connectivity index (χ1) is 9.33. The molecule has 0 amide bonds. The van der Waals surface area contributed by atoms with E-state index in [2.05, 4.69) is 19.9 Å². The Morgan fingerprint density at radius 1 is 1.55 bits per heavy atom. The third kappa shape index (κ3) is 2.56. The fraction of sp³-hybridized carbons (Fsp3) is 0.300. The molecule has 0 saturated heterocycles. The van der Waals surface area contributed by atoms with E-state index < -0.39 is 21.7 Å². The van der Waals surface area contributed by atoms with E-state index in [1.807, 2.05) is 0 Å². The van der Waals surface area contributed by atoms with Gasteiger partial charge in [0.25, 0.3) is 0 Å². The van der Waals surface area contributed by atoms with Crippen LogP contribution in [-0.2, 0) is 23.6 Å². The van der Waals surface area contributed by atoms with Crippen LogP contribution in [0.3, 0.4) is 0 Å². The zero-order valence-electron chi connectivity index (χ0n) is 10.8. The Morgan fingerprint density at radius 3 is 2.80 bits per heavy atom. The number of imidazole rings is 1. The highest BCUT2D eigenvalue weighted by Gasteiger charge is 2.28. The number of sulfonamides is 1. The number of aryl methyl sites for hydroxylation is 2. The molecule has 0 aliphatic rings. The van der Waals surface area contributed by atoms with Crippen LogP contribution in [0.5, 0.6) is 0 Å². The van der Waals surface area contributed by atoms with Gasteiger partial charge in [0.1, 0.15) is 10.7 Å². The molecule has 0 fully saturated rings. The third-order valence-corrected chi connectivity index (χ3v) is 4.27. The Labute approximate surface area is 114 Å². The zero-order chi connectivity index (χ0) is 14.9. The largest absolute Gasteiger partial charge is 0.476 e. The van der Waals surface area contributed by atoms with Gasteiger partial charge in [-0.3, -0.25) is 5.10 Å². The lowest BCUT2D eigenvalue weighted by Gasteiger charge is -2.06. The Bertz CT molecular complexity index is 746. The predicted octanol–water partition coefficient (Wildman–Crippen LogP) is -0.372. The number of hydrogen-bond acceptors (Lipinski definition) is 5. The van der Waals surface area contributed by atoms with Crippen molar-refractivity contribution < 1.29 is 18.3 Å². The minimum absolute atomic E-state index is 0.0461. The van der Waals surface area contributed by atoms with Crippen molar-refractivity contribution in [1.82, 2.24) is 24.5 Å². The highest BCUT2D eigenvalue weighted by atomic mass is 32.2. The van der Waals surface area contributed by atoms with Crippen molar-refractivity contribution in [3.63, 3.8) is 0 Å². The molecule has 108 valence electrons. The highest BCUT2D eigenvalue weighted by Crippen LogP contribution is 2.17. The van der Waals surface area contributed by atoms with Gasteiger partial charge in [0.05, 0.1) is 12.2 Å². The molecule has 2 aromatic rings. The maximum atomic E-state index is 12.2. The number of carbonyl (C=O) groups is 1. The fourth-order valence-corrected chi connectivity index (χ4v) is 2.99. The predicted molar refractivity (Wildman–Crippen MR) is 67.5 cm³/mol. The van der Waals surface area contributed by atoms with Crippen molar-refractivity contribution in [1.29, 1.82) is 0 Å². The summed E-state index contributed by atoms with van der Waals surface area (Å²) in [6.07, 6.45) is 3.21. The van der Waals surface area contributed by atoms with E-state index in [9.17, 15) is 13.2 Å². The number of aromatic amines is 1. The van der Waals surface area contributed by atoms with Gasteiger partial charge in [-0.05, 0) is 6.92 Å². The van der Waals surface area contributed by atoms with Crippen LogP contribution in [0.1, 0.15) is 22.0 Å². The zero-order valence-corrected chi connectivity index (χ0v) is 11.6. The summed E-state index contributed by atoms with van der Waals surface area (Å²) in [4.78, 5) is 14.6. The third-order valence-electron chi connectivity index (χ3n) is 2.70. The maximum Gasteiger partial charge on any atom is 0.357 e. The van der Waals surface area contributed by atoms with Gasteiger partial charge in [-0.25, -0.2) is 22.9 Å². The molecule has 2 rings (SSSR count). The van der Waals surface area contributed by atoms with Crippen molar-refractivity contribution in [2.45, 2.75) is 18.4 Å². The van der Waals surface area contributed by atoms with Crippen molar-refractivity contribution in [3.8, 4) is 0 Å². The molecular formula is C10H13N5O4S. The van der Waals surface area contributed by atoms with Crippen LogP contribution in [0, 0.1) is 6.92 Å². The lowest BCUT2D eigenvalue weighted by Crippen LogP contribution is -2.26. The van der Waals surface area contributed by atoms with Gasteiger partial charge in [0.15, 0.2) is 5.69 Å². The quantitative estimate of drug-likeness (QED) is 0.690. The summed E-state index contributed by atoms with van der Waals surface area (Å²) in [5.41, 5.74) is -0.371. The molecule has 10 heteroatoms. The Balaban J connectivity index is 2.29. The van der Waals surface area contributed by atoms with Gasteiger partial charge in [-0.15, -0.1) is 0 Å². The summed E-state index contributed by atoms with van der Waals surface area (Å²) in [5.74, 6) is -0.904. The maximum absolute atomic E-state index is 12.2. The number of hydrogen-bond donors (Lipinski definition) is 3. The number of aromatic carboxylic acids is 1. The summed E-state index contributed by atoms with van der Waals surface area (Å²) in [7, 11) is -2.27. The molecule has 0 aliphatic heterocycles. The summed E-state index contributed by atoms with van der Waals surface area (Å²) in [5, 5.41) is 14.8. The molecule has 2 aromatic heterocycles. The second-order valence-corrected chi connectivity index (χ2v) is 5.81. The Morgan fingerprint density at radius 2 is 2.25 bits per heavy atom. The highest BCUT2D eigenvalue weighted by molar-refractivity contribution is 7.89. The van der Waals surface area contributed by atoms with Gasteiger partial charge in [-0.1, -0.05) is 0 Å². The Hall–Kier alpha value is -2.20. The molecule has 0 radical (unpaired) electrons. The topological polar surface area (TPSA) is 130 Å². The minimum atomic E-state index is -3.99. The molecule has 0 atom stereocenters. The van der Waals surface area contributed by atoms with Gasteiger partial charge in [0.2, 0.25) is 10.0 Å². The molecule has 3 N–H and O–H groups in total. The molecule has 0 saturated carbocycles. The van der Waals surface area contributed by atoms with Crippen molar-refractivity contribution in [2.24, 2.45) is 7.05 Å². The van der Waals surface area contributed by atoms with Crippen molar-refractivity contribution >= 4 is 16.0 Å². The summed E-state index contributed by atoms with van der Waals surface area (Å²) in [6, 6.07) is 0. The molecule has 0 aromatic carbocycles. The van der Waals surface area contributed by atoms with Gasteiger partial charge in [0, 0.05) is 19.4 Å². The summed E-state index contributed by atoms with van der Waals surface area (Å²) in [6.45, 7) is 1.39. The lowest BCUT2D eigenvalue weighted by molar-refractivity contribution is 0.0686. The van der Waals surface area contributed by atoms with Crippen LogP contribution in [-0.4, -0.2) is 39.2 Å². The molecule has 0 aliphatic carbocycles. The standard InChI is InChI=1S/C10H13N5O4S/c1-6-9(8(10(16)17)14-13-6)20(18,19)12-5-7-11-3-4-15(7)2/h3-4,12H,5H2,1-2H3,(H,13,14)(H,16,17). The van der Waals surface area contributed by atoms with Crippen LogP contribution in [0.2, 0.25) is 0 Å². The first-order valence-corrected chi connectivity index (χ1v) is 7.05. The lowest BCUT2D eigenvalue weighted by atomic mass is 10.4. The van der Waals surface area contributed by atoms with E-state index in [0.717, 1.165) is 0 Å². The van der Waals surface area contributed by atoms with E-state index in [0.29, 0.717) is 5.82 Å². The number of carboxylic acid groups (broad SMARTS) is 1. The van der Waals surface area contributed by atoms with Crippen molar-refractivity contribution in [2.75, 3.05) is 0 Å². The van der Waals surface area contributed by atoms with Crippen LogP contribution < -0.4 is 4.72 Å². The fourth-order valence-electron chi connectivity index (χ4n) is 1.69. The van der Waals surface area contributed by atoms with E-state index in [1.54, 1.807) is 17.8 Å². The molecule has 0 bridgehead atoms. The number of carboxylic acids is 1. The second kappa shape index (κ2) is 5.06. The molecular weight excluding hydrogens is 286 g/mol. The average Bonchev–Trinajstić information content (AvgIpc) is 2.93. The van der Waals surface area contributed by atoms with Gasteiger partial charge >= 0.3 is 5.97 Å². The number of nitrogens with one attached hydrogen (secondary N) is 2. The normalized spacial score (nSPS) is 11.7. The molecule has 0 unspecified atom stereocenters. The average molecular weight is 299 g/mol. The molecule has 20 heavy (non-hydrogen) atoms. The monoisotopic (exact) mass is 299 g/mol. The van der Waals surface area contributed by atoms with Crippen LogP contribution >= 0.6 is 0 Å². The number of aromatic nitrogens is 4. The molecule has 9 nitrogen and oxygen atoms in total. The van der Waals surface area contributed by atoms with Crippen LogP contribution in [0.15, 0.2) is 17.3 Å². The number of rotatable bonds is 5. The van der Waals surface area contributed by atoms with E-state index >= 15 is 0 Å². The van der Waals surface area contributed by atoms with E-state index in [4.69, 9.17) is 5.11 Å². The van der Waals surface area contributed by atoms with Gasteiger partial charge in [-0.2, -0.15) is 5.10 Å². The molecule has 0 spiro atoms.